The Kier molecular flexibility index (Phi) is 4.74. The van der Waals surface area contributed by atoms with E-state index in [0.717, 1.165) is 21.8 Å². The molecule has 0 aliphatic carbocycles. The molecular weight excluding hydrogens is 388 g/mol. The van der Waals surface area contributed by atoms with Gasteiger partial charge in [-0.25, -0.2) is 4.79 Å². The molecule has 5 nitrogen and oxygen atoms in total. The largest absolute Gasteiger partial charge is 0.508 e. The zero-order valence-electron chi connectivity index (χ0n) is 15.2. The van der Waals surface area contributed by atoms with Crippen molar-refractivity contribution < 1.29 is 15.0 Å². The van der Waals surface area contributed by atoms with Crippen LogP contribution < -0.4 is 5.73 Å². The number of hydrogen-bond donors (Lipinski definition) is 4. The molecule has 6 heteroatoms. The predicted octanol–water partition coefficient (Wildman–Crippen LogP) is 5.80. The number of carboxylic acid groups (broad SMARTS) is 1. The van der Waals surface area contributed by atoms with Gasteiger partial charge in [0.05, 0.1) is 16.1 Å². The third-order valence-electron chi connectivity index (χ3n) is 4.70. The SMILES string of the molecule is Nc1ccc(Cl)c(C(=O)O)c1.Oc1ccc2ccc3c4ccccc4[nH]c3c2c1. The molecule has 5 rings (SSSR count). The second-order valence-corrected chi connectivity index (χ2v) is 7.02. The highest BCUT2D eigenvalue weighted by Crippen LogP contribution is 2.32. The summed E-state index contributed by atoms with van der Waals surface area (Å²) in [4.78, 5) is 13.9. The van der Waals surface area contributed by atoms with Crippen LogP contribution in [0.3, 0.4) is 0 Å². The van der Waals surface area contributed by atoms with Crippen LogP contribution in [0.15, 0.2) is 72.8 Å². The highest BCUT2D eigenvalue weighted by molar-refractivity contribution is 6.33. The molecule has 0 saturated carbocycles. The number of carboxylic acids is 1. The second kappa shape index (κ2) is 7.37. The zero-order chi connectivity index (χ0) is 20.5. The van der Waals surface area contributed by atoms with Crippen molar-refractivity contribution in [3.05, 3.63) is 83.4 Å². The molecule has 0 saturated heterocycles. The number of aromatic carboxylic acids is 1. The lowest BCUT2D eigenvalue weighted by Gasteiger charge is -2.00. The molecule has 0 spiro atoms. The smallest absolute Gasteiger partial charge is 0.337 e. The summed E-state index contributed by atoms with van der Waals surface area (Å²) in [6.45, 7) is 0. The van der Waals surface area contributed by atoms with E-state index in [0.29, 0.717) is 11.4 Å². The van der Waals surface area contributed by atoms with Crippen molar-refractivity contribution in [2.24, 2.45) is 0 Å². The van der Waals surface area contributed by atoms with Gasteiger partial charge in [-0.05, 0) is 41.8 Å². The van der Waals surface area contributed by atoms with E-state index in [4.69, 9.17) is 22.4 Å². The summed E-state index contributed by atoms with van der Waals surface area (Å²) in [7, 11) is 0. The van der Waals surface area contributed by atoms with Gasteiger partial charge in [0.15, 0.2) is 0 Å². The molecule has 1 aromatic heterocycles. The van der Waals surface area contributed by atoms with Crippen LogP contribution in [-0.2, 0) is 0 Å². The zero-order valence-corrected chi connectivity index (χ0v) is 15.9. The average molecular weight is 405 g/mol. The molecule has 144 valence electrons. The van der Waals surface area contributed by atoms with Gasteiger partial charge >= 0.3 is 5.97 Å². The molecule has 29 heavy (non-hydrogen) atoms. The van der Waals surface area contributed by atoms with Gasteiger partial charge in [0.1, 0.15) is 5.75 Å². The molecule has 0 bridgehead atoms. The molecule has 0 unspecified atom stereocenters. The maximum Gasteiger partial charge on any atom is 0.337 e. The number of carbonyl (C=O) groups is 1. The van der Waals surface area contributed by atoms with Gasteiger partial charge in [-0.2, -0.15) is 0 Å². The number of para-hydroxylation sites is 1. The number of aromatic nitrogens is 1. The standard InChI is InChI=1S/C16H11NO.C7H6ClNO2/c18-11-7-5-10-6-8-13-12-3-1-2-4-15(12)17-16(13)14(10)9-11;8-6-2-1-4(9)3-5(6)7(10)11/h1-9,17-18H;1-3H,9H2,(H,10,11). The van der Waals surface area contributed by atoms with Gasteiger partial charge in [0, 0.05) is 27.4 Å². The summed E-state index contributed by atoms with van der Waals surface area (Å²) in [5.74, 6) is -0.768. The molecule has 0 fully saturated rings. The van der Waals surface area contributed by atoms with Gasteiger partial charge < -0.3 is 20.9 Å². The fourth-order valence-electron chi connectivity index (χ4n) is 3.34. The number of hydrogen-bond acceptors (Lipinski definition) is 3. The summed E-state index contributed by atoms with van der Waals surface area (Å²) in [6, 6.07) is 22.3. The highest BCUT2D eigenvalue weighted by Gasteiger charge is 2.08. The quantitative estimate of drug-likeness (QED) is 0.265. The van der Waals surface area contributed by atoms with E-state index in [9.17, 15) is 9.90 Å². The van der Waals surface area contributed by atoms with E-state index in [1.54, 1.807) is 12.1 Å². The third-order valence-corrected chi connectivity index (χ3v) is 5.03. The monoisotopic (exact) mass is 404 g/mol. The summed E-state index contributed by atoms with van der Waals surface area (Å²) in [6.07, 6.45) is 0. The Morgan fingerprint density at radius 2 is 1.66 bits per heavy atom. The Morgan fingerprint density at radius 1 is 0.897 bits per heavy atom. The third kappa shape index (κ3) is 3.56. The van der Waals surface area contributed by atoms with E-state index in [1.165, 1.54) is 22.9 Å². The number of halogens is 1. The number of nitrogens with two attached hydrogens (primary N) is 1. The second-order valence-electron chi connectivity index (χ2n) is 6.61. The number of nitrogen functional groups attached to an aromatic ring is 1. The number of fused-ring (bicyclic) bond motifs is 5. The molecule has 0 atom stereocenters. The van der Waals surface area contributed by atoms with Gasteiger partial charge in [0.2, 0.25) is 0 Å². The van der Waals surface area contributed by atoms with Crippen molar-refractivity contribution >= 4 is 55.8 Å². The molecule has 0 aliphatic heterocycles. The first-order chi connectivity index (χ1) is 13.9. The summed E-state index contributed by atoms with van der Waals surface area (Å²) in [5, 5.41) is 23.0. The van der Waals surface area contributed by atoms with Crippen LogP contribution in [0.2, 0.25) is 5.02 Å². The van der Waals surface area contributed by atoms with E-state index in [2.05, 4.69) is 29.2 Å². The van der Waals surface area contributed by atoms with E-state index in [-0.39, 0.29) is 10.6 Å². The highest BCUT2D eigenvalue weighted by atomic mass is 35.5. The topological polar surface area (TPSA) is 99.3 Å². The van der Waals surface area contributed by atoms with Crippen molar-refractivity contribution in [3.63, 3.8) is 0 Å². The summed E-state index contributed by atoms with van der Waals surface area (Å²) < 4.78 is 0. The number of H-pyrrole nitrogens is 1. The molecule has 1 heterocycles. The van der Waals surface area contributed by atoms with Crippen molar-refractivity contribution in [2.45, 2.75) is 0 Å². The van der Waals surface area contributed by atoms with Crippen molar-refractivity contribution in [2.75, 3.05) is 5.73 Å². The van der Waals surface area contributed by atoms with Crippen LogP contribution in [0.25, 0.3) is 32.6 Å². The van der Waals surface area contributed by atoms with Crippen LogP contribution in [0.1, 0.15) is 10.4 Å². The Morgan fingerprint density at radius 3 is 2.41 bits per heavy atom. The van der Waals surface area contributed by atoms with E-state index >= 15 is 0 Å². The molecule has 4 aromatic carbocycles. The van der Waals surface area contributed by atoms with Crippen LogP contribution >= 0.6 is 11.6 Å². The normalized spacial score (nSPS) is 10.8. The van der Waals surface area contributed by atoms with E-state index in [1.807, 2.05) is 24.3 Å². The van der Waals surface area contributed by atoms with E-state index < -0.39 is 5.97 Å². The first kappa shape index (κ1) is 18.7. The van der Waals surface area contributed by atoms with Crippen LogP contribution in [0.4, 0.5) is 5.69 Å². The lowest BCUT2D eigenvalue weighted by atomic mass is 10.1. The summed E-state index contributed by atoms with van der Waals surface area (Å²) >= 11 is 5.55. The number of phenolic OH excluding ortho intramolecular Hbond substituents is 1. The first-order valence-corrected chi connectivity index (χ1v) is 9.22. The fraction of sp³-hybridized carbons (Fsp3) is 0. The minimum absolute atomic E-state index is 0.0340. The van der Waals surface area contributed by atoms with Gasteiger partial charge in [-0.15, -0.1) is 0 Å². The van der Waals surface area contributed by atoms with Crippen LogP contribution in [0, 0.1) is 0 Å². The minimum atomic E-state index is -1.07. The van der Waals surface area contributed by atoms with Crippen molar-refractivity contribution in [3.8, 4) is 5.75 Å². The van der Waals surface area contributed by atoms with Crippen LogP contribution in [0.5, 0.6) is 5.75 Å². The fourth-order valence-corrected chi connectivity index (χ4v) is 3.53. The van der Waals surface area contributed by atoms with Crippen molar-refractivity contribution in [1.29, 1.82) is 0 Å². The Hall–Kier alpha value is -3.70. The molecule has 0 amide bonds. The average Bonchev–Trinajstić information content (AvgIpc) is 3.09. The Labute approximate surface area is 171 Å². The lowest BCUT2D eigenvalue weighted by Crippen LogP contribution is -1.98. The first-order valence-electron chi connectivity index (χ1n) is 8.84. The number of aromatic amines is 1. The molecule has 5 aromatic rings. The Bertz CT molecular complexity index is 1380. The number of rotatable bonds is 1. The minimum Gasteiger partial charge on any atom is -0.508 e. The number of phenols is 1. The van der Waals surface area contributed by atoms with Gasteiger partial charge in [-0.1, -0.05) is 48.0 Å². The summed E-state index contributed by atoms with van der Waals surface area (Å²) in [5.41, 5.74) is 7.99. The maximum atomic E-state index is 10.4. The molecular formula is C23H17ClN2O3. The maximum absolute atomic E-state index is 10.4. The number of anilines is 1. The predicted molar refractivity (Wildman–Crippen MR) is 118 cm³/mol. The molecule has 0 radical (unpaired) electrons. The number of nitrogens with one attached hydrogen (secondary N) is 1. The number of benzene rings is 4. The van der Waals surface area contributed by atoms with Crippen molar-refractivity contribution in [1.82, 2.24) is 4.98 Å². The lowest BCUT2D eigenvalue weighted by molar-refractivity contribution is 0.0697. The molecule has 0 aliphatic rings. The number of aromatic hydroxyl groups is 1. The van der Waals surface area contributed by atoms with Gasteiger partial charge in [0.25, 0.3) is 0 Å². The molecule has 5 N–H and O–H groups in total. The van der Waals surface area contributed by atoms with Gasteiger partial charge in [-0.3, -0.25) is 0 Å². The Balaban J connectivity index is 0.000000161. The van der Waals surface area contributed by atoms with Crippen LogP contribution in [-0.4, -0.2) is 21.2 Å².